The van der Waals surface area contributed by atoms with Crippen LogP contribution in [-0.2, 0) is 0 Å². The van der Waals surface area contributed by atoms with E-state index < -0.39 is 0 Å². The fourth-order valence-corrected chi connectivity index (χ4v) is 4.81. The molecule has 2 aliphatic rings. The number of hydrogen-bond donors (Lipinski definition) is 0. The van der Waals surface area contributed by atoms with E-state index in [0.29, 0.717) is 5.92 Å². The van der Waals surface area contributed by atoms with E-state index in [-0.39, 0.29) is 16.1 Å². The maximum Gasteiger partial charge on any atom is 0.269 e. The monoisotopic (exact) mass is 371 g/mol. The van der Waals surface area contributed by atoms with Crippen LogP contribution >= 0.6 is 0 Å². The van der Waals surface area contributed by atoms with Crippen molar-refractivity contribution in [2.45, 2.75) is 84.1 Å². The van der Waals surface area contributed by atoms with Crippen LogP contribution < -0.4 is 0 Å². The molecule has 1 saturated carbocycles. The Bertz CT molecular complexity index is 706. The molecule has 5 heteroatoms. The van der Waals surface area contributed by atoms with Crippen LogP contribution in [0.15, 0.2) is 23.2 Å². The Hall–Kier alpha value is -1.91. The summed E-state index contributed by atoms with van der Waals surface area (Å²) in [6.45, 7) is 7.55. The molecule has 0 bridgehead atoms. The van der Waals surface area contributed by atoms with Crippen LogP contribution in [0, 0.1) is 23.0 Å². The summed E-state index contributed by atoms with van der Waals surface area (Å²) in [4.78, 5) is 18.4. The van der Waals surface area contributed by atoms with Crippen LogP contribution in [-0.4, -0.2) is 27.7 Å². The van der Waals surface area contributed by atoms with Gasteiger partial charge < -0.3 is 4.90 Å². The molecule has 1 aromatic rings. The second-order valence-electron chi connectivity index (χ2n) is 8.75. The fourth-order valence-electron chi connectivity index (χ4n) is 4.81. The van der Waals surface area contributed by atoms with Crippen molar-refractivity contribution in [3.63, 3.8) is 0 Å². The van der Waals surface area contributed by atoms with Gasteiger partial charge in [0.2, 0.25) is 0 Å². The number of amidine groups is 1. The zero-order chi connectivity index (χ0) is 19.4. The van der Waals surface area contributed by atoms with Crippen molar-refractivity contribution in [3.8, 4) is 0 Å². The minimum atomic E-state index is -0.335. The van der Waals surface area contributed by atoms with Gasteiger partial charge in [0.25, 0.3) is 5.69 Å². The summed E-state index contributed by atoms with van der Waals surface area (Å²) >= 11 is 0. The third-order valence-electron chi connectivity index (χ3n) is 6.15. The Morgan fingerprint density at radius 1 is 1.15 bits per heavy atom. The number of nitrogens with zero attached hydrogens (tertiary/aromatic N) is 3. The highest BCUT2D eigenvalue weighted by atomic mass is 16.6. The van der Waals surface area contributed by atoms with Crippen LogP contribution in [0.1, 0.15) is 77.2 Å². The average Bonchev–Trinajstić information content (AvgIpc) is 3.08. The molecule has 1 aliphatic heterocycles. The molecule has 27 heavy (non-hydrogen) atoms. The highest BCUT2D eigenvalue weighted by molar-refractivity contribution is 5.86. The molecule has 148 valence electrons. The third kappa shape index (κ3) is 4.50. The first-order valence-corrected chi connectivity index (χ1v) is 10.5. The lowest BCUT2D eigenvalue weighted by molar-refractivity contribution is -0.384. The number of aliphatic imine (C=N–C) groups is 1. The van der Waals surface area contributed by atoms with E-state index in [9.17, 15) is 10.1 Å². The number of hydrogen-bond acceptors (Lipinski definition) is 3. The summed E-state index contributed by atoms with van der Waals surface area (Å²) < 4.78 is 0. The molecule has 1 spiro atoms. The lowest BCUT2D eigenvalue weighted by Gasteiger charge is -2.46. The highest BCUT2D eigenvalue weighted by Gasteiger charge is 2.41. The summed E-state index contributed by atoms with van der Waals surface area (Å²) in [5, 5.41) is 11.0. The second-order valence-corrected chi connectivity index (χ2v) is 8.75. The van der Waals surface area contributed by atoms with Gasteiger partial charge in [-0.15, -0.1) is 0 Å². The molecule has 2 fully saturated rings. The number of benzene rings is 1. The first kappa shape index (κ1) is 19.8. The summed E-state index contributed by atoms with van der Waals surface area (Å²) in [7, 11) is 0. The molecule has 1 aliphatic carbocycles. The number of nitro groups is 1. The molecule has 0 atom stereocenters. The van der Waals surface area contributed by atoms with Gasteiger partial charge >= 0.3 is 0 Å². The minimum Gasteiger partial charge on any atom is -0.354 e. The van der Waals surface area contributed by atoms with Gasteiger partial charge in [0.1, 0.15) is 5.84 Å². The SMILES string of the molecule is Cc1cc([N+](=O)[O-])ccc1N=C1CCCCCC2(CCCC2)N1CC(C)C. The lowest BCUT2D eigenvalue weighted by atomic mass is 9.85. The van der Waals surface area contributed by atoms with Gasteiger partial charge in [0, 0.05) is 30.6 Å². The van der Waals surface area contributed by atoms with Gasteiger partial charge in [-0.25, -0.2) is 4.99 Å². The highest BCUT2D eigenvalue weighted by Crippen LogP contribution is 2.42. The standard InChI is InChI=1S/C22H33N3O2/c1-17(2)16-24-21(9-5-4-6-12-22(24)13-7-8-14-22)23-20-11-10-19(25(26)27)15-18(20)3/h10-11,15,17H,4-9,12-14,16H2,1-3H3. The number of nitro benzene ring substituents is 1. The van der Waals surface area contributed by atoms with Crippen LogP contribution in [0.3, 0.4) is 0 Å². The number of rotatable bonds is 4. The minimum absolute atomic E-state index is 0.139. The lowest BCUT2D eigenvalue weighted by Crippen LogP contribution is -2.52. The first-order chi connectivity index (χ1) is 12.9. The number of aryl methyl sites for hydroxylation is 1. The molecule has 1 aromatic carbocycles. The normalized spacial score (nSPS) is 21.6. The Morgan fingerprint density at radius 3 is 2.41 bits per heavy atom. The first-order valence-electron chi connectivity index (χ1n) is 10.5. The summed E-state index contributed by atoms with van der Waals surface area (Å²) in [5.41, 5.74) is 2.17. The molecule has 0 amide bonds. The van der Waals surface area contributed by atoms with E-state index in [0.717, 1.165) is 24.2 Å². The maximum atomic E-state index is 11.0. The second kappa shape index (κ2) is 8.41. The predicted molar refractivity (Wildman–Crippen MR) is 111 cm³/mol. The number of likely N-dealkylation sites (tertiary alicyclic amines) is 1. The van der Waals surface area contributed by atoms with Gasteiger partial charge in [-0.3, -0.25) is 10.1 Å². The maximum absolute atomic E-state index is 11.0. The molecule has 0 radical (unpaired) electrons. The molecular formula is C22H33N3O2. The topological polar surface area (TPSA) is 58.7 Å². The van der Waals surface area contributed by atoms with Gasteiger partial charge in [-0.05, 0) is 50.2 Å². The zero-order valence-corrected chi connectivity index (χ0v) is 17.0. The van der Waals surface area contributed by atoms with Crippen LogP contribution in [0.25, 0.3) is 0 Å². The van der Waals surface area contributed by atoms with Gasteiger partial charge in [-0.2, -0.15) is 0 Å². The summed E-state index contributed by atoms with van der Waals surface area (Å²) in [6, 6.07) is 5.03. The van der Waals surface area contributed by atoms with Gasteiger partial charge in [0.05, 0.1) is 10.6 Å². The summed E-state index contributed by atoms with van der Waals surface area (Å²) in [5.74, 6) is 1.78. The van der Waals surface area contributed by atoms with Gasteiger partial charge in [-0.1, -0.05) is 39.5 Å². The molecule has 0 aromatic heterocycles. The third-order valence-corrected chi connectivity index (χ3v) is 6.15. The van der Waals surface area contributed by atoms with E-state index in [2.05, 4.69) is 18.7 Å². The molecule has 0 N–H and O–H groups in total. The van der Waals surface area contributed by atoms with Crippen LogP contribution in [0.2, 0.25) is 0 Å². The van der Waals surface area contributed by atoms with E-state index >= 15 is 0 Å². The predicted octanol–water partition coefficient (Wildman–Crippen LogP) is 6.17. The van der Waals surface area contributed by atoms with Crippen molar-refractivity contribution in [3.05, 3.63) is 33.9 Å². The van der Waals surface area contributed by atoms with Crippen molar-refractivity contribution in [1.29, 1.82) is 0 Å². The summed E-state index contributed by atoms with van der Waals surface area (Å²) in [6.07, 6.45) is 11.2. The van der Waals surface area contributed by atoms with Gasteiger partial charge in [0.15, 0.2) is 0 Å². The molecule has 1 heterocycles. The molecule has 3 rings (SSSR count). The van der Waals surface area contributed by atoms with Crippen molar-refractivity contribution >= 4 is 17.2 Å². The Morgan fingerprint density at radius 2 is 1.81 bits per heavy atom. The largest absolute Gasteiger partial charge is 0.354 e. The van der Waals surface area contributed by atoms with Crippen LogP contribution in [0.4, 0.5) is 11.4 Å². The van der Waals surface area contributed by atoms with Crippen molar-refractivity contribution in [1.82, 2.24) is 4.90 Å². The van der Waals surface area contributed by atoms with E-state index in [1.165, 1.54) is 57.2 Å². The smallest absolute Gasteiger partial charge is 0.269 e. The van der Waals surface area contributed by atoms with Crippen molar-refractivity contribution in [2.75, 3.05) is 6.54 Å². The molecule has 5 nitrogen and oxygen atoms in total. The Labute approximate surface area is 163 Å². The van der Waals surface area contributed by atoms with E-state index in [1.807, 2.05) is 13.0 Å². The average molecular weight is 372 g/mol. The molecule has 0 unspecified atom stereocenters. The fraction of sp³-hybridized carbons (Fsp3) is 0.682. The van der Waals surface area contributed by atoms with E-state index in [4.69, 9.17) is 4.99 Å². The Balaban J connectivity index is 2.00. The van der Waals surface area contributed by atoms with Crippen molar-refractivity contribution in [2.24, 2.45) is 10.9 Å². The van der Waals surface area contributed by atoms with Crippen molar-refractivity contribution < 1.29 is 4.92 Å². The Kier molecular flexibility index (Phi) is 6.18. The quantitative estimate of drug-likeness (QED) is 0.470. The van der Waals surface area contributed by atoms with Crippen LogP contribution in [0.5, 0.6) is 0 Å². The number of non-ortho nitro benzene ring substituents is 1. The zero-order valence-electron chi connectivity index (χ0n) is 17.0. The molecular weight excluding hydrogens is 338 g/mol. The van der Waals surface area contributed by atoms with E-state index in [1.54, 1.807) is 12.1 Å². The molecule has 1 saturated heterocycles.